The number of fused-ring (bicyclic) bond motifs is 1. The fourth-order valence-electron chi connectivity index (χ4n) is 2.87. The molecule has 0 amide bonds. The number of aliphatic carboxylic acids is 1. The van der Waals surface area contributed by atoms with Crippen LogP contribution in [0.4, 0.5) is 33.3 Å². The van der Waals surface area contributed by atoms with Crippen LogP contribution < -0.4 is 9.64 Å². The maximum atomic E-state index is 13.7. The molecule has 2 aromatic carbocycles. The molecule has 5 nitrogen and oxygen atoms in total. The molecule has 1 aliphatic carbocycles. The van der Waals surface area contributed by atoms with Crippen molar-refractivity contribution in [3.63, 3.8) is 0 Å². The topological polar surface area (TPSA) is 53.0 Å². The lowest BCUT2D eigenvalue weighted by Gasteiger charge is -2.26. The monoisotopic (exact) mass is 652 g/mol. The molecule has 11 heteroatoms. The van der Waals surface area contributed by atoms with Crippen LogP contribution in [0.2, 0.25) is 0 Å². The molecule has 1 N–H and O–H groups in total. The van der Waals surface area contributed by atoms with E-state index in [1.54, 1.807) is 0 Å². The number of para-hydroxylation sites is 1. The number of anilines is 2. The van der Waals surface area contributed by atoms with Crippen molar-refractivity contribution in [2.24, 2.45) is 0 Å². The Labute approximate surface area is 266 Å². The summed E-state index contributed by atoms with van der Waals surface area (Å²) in [7, 11) is 1.87. The van der Waals surface area contributed by atoms with Gasteiger partial charge in [-0.15, -0.1) is 0 Å². The molecule has 1 fully saturated rings. The first-order valence-electron chi connectivity index (χ1n) is 15.4. The van der Waals surface area contributed by atoms with Gasteiger partial charge in [0.1, 0.15) is 5.75 Å². The summed E-state index contributed by atoms with van der Waals surface area (Å²) in [6.45, 7) is 15.5. The molecule has 1 heterocycles. The highest BCUT2D eigenvalue weighted by Crippen LogP contribution is 2.46. The van der Waals surface area contributed by atoms with E-state index in [1.165, 1.54) is 50.6 Å². The van der Waals surface area contributed by atoms with Gasteiger partial charge >= 0.3 is 12.1 Å². The van der Waals surface area contributed by atoms with Gasteiger partial charge in [-0.05, 0) is 50.2 Å². The third-order valence-electron chi connectivity index (χ3n) is 5.17. The lowest BCUT2D eigenvalue weighted by Crippen LogP contribution is -2.24. The Kier molecular flexibility index (Phi) is 23.6. The Balaban J connectivity index is 0. The van der Waals surface area contributed by atoms with Gasteiger partial charge in [0.25, 0.3) is 0 Å². The van der Waals surface area contributed by atoms with Crippen LogP contribution in [0, 0.1) is 0 Å². The van der Waals surface area contributed by atoms with E-state index in [9.17, 15) is 26.7 Å². The number of alkyl halides is 5. The van der Waals surface area contributed by atoms with Crippen molar-refractivity contribution in [1.82, 2.24) is 4.31 Å². The van der Waals surface area contributed by atoms with Crippen LogP contribution in [-0.2, 0) is 11.0 Å². The minimum atomic E-state index is -4.63. The van der Waals surface area contributed by atoms with Crippen LogP contribution in [0.15, 0.2) is 47.4 Å². The Hall–Kier alpha value is -2.53. The number of nitrogens with zero attached hydrogens (tertiary/aromatic N) is 2. The van der Waals surface area contributed by atoms with Gasteiger partial charge in [-0.3, -0.25) is 4.79 Å². The second-order valence-corrected chi connectivity index (χ2v) is 10.7. The highest BCUT2D eigenvalue weighted by atomic mass is 32.2. The zero-order valence-electron chi connectivity index (χ0n) is 27.9. The normalized spacial score (nSPS) is 13.5. The van der Waals surface area contributed by atoms with Crippen molar-refractivity contribution in [3.8, 4) is 5.75 Å². The maximum Gasteiger partial charge on any atom is 0.420 e. The van der Waals surface area contributed by atoms with Gasteiger partial charge in [-0.1, -0.05) is 92.3 Å². The fourth-order valence-corrected chi connectivity index (χ4v) is 3.81. The molecule has 0 radical (unpaired) electrons. The second kappa shape index (κ2) is 23.8. The van der Waals surface area contributed by atoms with Crippen LogP contribution in [0.5, 0.6) is 5.75 Å². The molecule has 0 spiro atoms. The molecule has 44 heavy (non-hydrogen) atoms. The van der Waals surface area contributed by atoms with Crippen molar-refractivity contribution in [2.45, 2.75) is 111 Å². The number of hydrogen-bond donors (Lipinski definition) is 1. The summed E-state index contributed by atoms with van der Waals surface area (Å²) in [5.74, 6) is -3.95. The van der Waals surface area contributed by atoms with Crippen LogP contribution in [-0.4, -0.2) is 48.0 Å². The number of carboxylic acid groups (broad SMARTS) is 1. The minimum absolute atomic E-state index is 0.0625. The quantitative estimate of drug-likeness (QED) is 0.248. The van der Waals surface area contributed by atoms with Gasteiger partial charge < -0.3 is 14.7 Å². The van der Waals surface area contributed by atoms with E-state index in [1.807, 2.05) is 74.3 Å². The lowest BCUT2D eigenvalue weighted by atomic mass is 10.1. The van der Waals surface area contributed by atoms with E-state index in [-0.39, 0.29) is 25.2 Å². The summed E-state index contributed by atoms with van der Waals surface area (Å²) in [5, 5.41) is 8.73. The van der Waals surface area contributed by atoms with Crippen LogP contribution in [0.25, 0.3) is 0 Å². The highest BCUT2D eigenvalue weighted by molar-refractivity contribution is 7.97. The van der Waals surface area contributed by atoms with Crippen molar-refractivity contribution in [3.05, 3.63) is 48.0 Å². The van der Waals surface area contributed by atoms with Crippen LogP contribution >= 0.6 is 11.9 Å². The number of carboxylic acids is 1. The molecule has 1 saturated carbocycles. The first-order valence-corrected chi connectivity index (χ1v) is 16.2. The van der Waals surface area contributed by atoms with Gasteiger partial charge in [0.15, 0.2) is 0 Å². The SMILES string of the molecule is C1CC1.CC.CC.CCC.CCC(C)(F)F.CN1CCN(c2ccccc2)c2cc(C(F)(F)F)c(OCCC(=O)O)cc2S1. The summed E-state index contributed by atoms with van der Waals surface area (Å²) in [4.78, 5) is 13.1. The predicted octanol–water partition coefficient (Wildman–Crippen LogP) is 11.3. The van der Waals surface area contributed by atoms with E-state index < -0.39 is 23.6 Å². The Morgan fingerprint density at radius 1 is 0.932 bits per heavy atom. The van der Waals surface area contributed by atoms with E-state index in [0.717, 1.165) is 18.7 Å². The van der Waals surface area contributed by atoms with E-state index in [4.69, 9.17) is 9.84 Å². The molecule has 4 rings (SSSR count). The first-order chi connectivity index (χ1) is 20.7. The number of benzene rings is 2. The summed E-state index contributed by atoms with van der Waals surface area (Å²) in [6.07, 6.45) is 0.684. The molecule has 254 valence electrons. The van der Waals surface area contributed by atoms with E-state index in [0.29, 0.717) is 23.7 Å². The maximum absolute atomic E-state index is 13.7. The molecule has 2 aromatic rings. The number of carbonyl (C=O) groups is 1. The number of ether oxygens (including phenoxy) is 1. The fraction of sp³-hybridized carbons (Fsp3) is 0.606. The summed E-state index contributed by atoms with van der Waals surface area (Å²) < 4.78 is 71.1. The highest BCUT2D eigenvalue weighted by Gasteiger charge is 2.37. The molecule has 0 unspecified atom stereocenters. The Morgan fingerprint density at radius 3 is 1.84 bits per heavy atom. The van der Waals surface area contributed by atoms with Gasteiger partial charge in [-0.2, -0.15) is 13.2 Å². The third-order valence-corrected chi connectivity index (χ3v) is 6.18. The molecule has 2 aliphatic rings. The van der Waals surface area contributed by atoms with Crippen molar-refractivity contribution < 1.29 is 36.6 Å². The van der Waals surface area contributed by atoms with Crippen LogP contribution in [0.3, 0.4) is 0 Å². The number of hydrogen-bond acceptors (Lipinski definition) is 5. The average Bonchev–Trinajstić information content (AvgIpc) is 3.86. The van der Waals surface area contributed by atoms with E-state index >= 15 is 0 Å². The first kappa shape index (κ1) is 43.6. The predicted molar refractivity (Wildman–Crippen MR) is 175 cm³/mol. The summed E-state index contributed by atoms with van der Waals surface area (Å²) >= 11 is 1.33. The number of halogens is 5. The van der Waals surface area contributed by atoms with Gasteiger partial charge in [0, 0.05) is 25.2 Å². The Morgan fingerprint density at radius 2 is 1.43 bits per heavy atom. The average molecular weight is 653 g/mol. The zero-order valence-corrected chi connectivity index (χ0v) is 28.7. The van der Waals surface area contributed by atoms with Crippen molar-refractivity contribution >= 4 is 29.3 Å². The molecule has 1 aliphatic heterocycles. The summed E-state index contributed by atoms with van der Waals surface area (Å²) in [6, 6.07) is 11.7. The molecular formula is C33H53F5N2O3S. The van der Waals surface area contributed by atoms with Gasteiger partial charge in [0.05, 0.1) is 29.2 Å². The summed E-state index contributed by atoms with van der Waals surface area (Å²) in [5.41, 5.74) is 0.327. The molecule has 0 aromatic heterocycles. The number of rotatable bonds is 6. The van der Waals surface area contributed by atoms with Crippen LogP contribution in [0.1, 0.15) is 99.5 Å². The molecule has 0 saturated heterocycles. The minimum Gasteiger partial charge on any atom is -0.492 e. The molecular weight excluding hydrogens is 599 g/mol. The largest absolute Gasteiger partial charge is 0.492 e. The van der Waals surface area contributed by atoms with Gasteiger partial charge in [0.2, 0.25) is 5.92 Å². The second-order valence-electron chi connectivity index (χ2n) is 9.43. The molecule has 0 atom stereocenters. The van der Waals surface area contributed by atoms with Crippen molar-refractivity contribution in [1.29, 1.82) is 0 Å². The number of likely N-dealkylation sites (N-methyl/N-ethyl adjacent to an activating group) is 1. The van der Waals surface area contributed by atoms with Crippen molar-refractivity contribution in [2.75, 3.05) is 31.6 Å². The Bertz CT molecular complexity index is 1010. The standard InChI is InChI=1S/C19H19F3N2O3S.C4H8F2.C3H6.C3H8.2C2H6/c1-23-8-9-24(13-5-3-2-4-6-13)15-11-14(19(20,21)22)16(12-17(15)28-23)27-10-7-18(25)26;1-3-4(2,5)6;1-2-3-1;1-3-2;2*1-2/h2-6,11-12H,7-10H2,1H3,(H,25,26);3H2,1-2H3;1-3H2;3H2,1-2H3;2*1-2H3. The van der Waals surface area contributed by atoms with Gasteiger partial charge in [-0.25, -0.2) is 13.1 Å². The molecule has 0 bridgehead atoms. The smallest absolute Gasteiger partial charge is 0.420 e. The van der Waals surface area contributed by atoms with E-state index in [2.05, 4.69) is 13.8 Å². The lowest BCUT2D eigenvalue weighted by molar-refractivity contribution is -0.139. The zero-order chi connectivity index (χ0) is 34.3. The third kappa shape index (κ3) is 19.7.